The molecular formula is C30H38F2N2O7. The Morgan fingerprint density at radius 3 is 2.17 bits per heavy atom. The number of benzene rings is 2. The number of methoxy groups -OCH3 is 5. The molecule has 2 bridgehead atoms. The molecule has 2 atom stereocenters. The van der Waals surface area contributed by atoms with Crippen LogP contribution in [-0.2, 0) is 16.0 Å². The molecule has 2 aromatic rings. The summed E-state index contributed by atoms with van der Waals surface area (Å²) in [5, 5.41) is 0. The number of carbonyl (C=O) groups excluding carboxylic acids is 2. The van der Waals surface area contributed by atoms with Gasteiger partial charge in [-0.3, -0.25) is 9.59 Å². The van der Waals surface area contributed by atoms with Crippen LogP contribution in [0.15, 0.2) is 30.3 Å². The lowest BCUT2D eigenvalue weighted by Crippen LogP contribution is -2.75. The number of likely N-dealkylation sites (tertiary alicyclic amines) is 1. The van der Waals surface area contributed by atoms with E-state index in [1.54, 1.807) is 36.2 Å². The van der Waals surface area contributed by atoms with Crippen molar-refractivity contribution < 1.29 is 42.1 Å². The van der Waals surface area contributed by atoms with Gasteiger partial charge in [0, 0.05) is 37.0 Å². The number of piperidine rings is 1. The SMILES string of the molecule is COc1ccc(CCCCN2CC3CCCC(C(=O)C(F)F)(C2=O)N3c2cc(OC)c(OC)c(OC)c2)cc1OC. The fourth-order valence-electron chi connectivity index (χ4n) is 6.16. The van der Waals surface area contributed by atoms with E-state index >= 15 is 0 Å². The molecule has 2 fully saturated rings. The summed E-state index contributed by atoms with van der Waals surface area (Å²) in [6.45, 7) is 0.689. The van der Waals surface area contributed by atoms with E-state index < -0.39 is 23.7 Å². The number of piperazine rings is 1. The third-order valence-electron chi connectivity index (χ3n) is 8.05. The minimum Gasteiger partial charge on any atom is -0.493 e. The second-order valence-corrected chi connectivity index (χ2v) is 10.2. The van der Waals surface area contributed by atoms with Crippen LogP contribution >= 0.6 is 0 Å². The van der Waals surface area contributed by atoms with Gasteiger partial charge in [0.15, 0.2) is 28.5 Å². The number of hydrogen-bond donors (Lipinski definition) is 0. The lowest BCUT2D eigenvalue weighted by atomic mass is 9.75. The van der Waals surface area contributed by atoms with Gasteiger partial charge in [0.1, 0.15) is 0 Å². The number of ketones is 1. The number of fused-ring (bicyclic) bond motifs is 2. The van der Waals surface area contributed by atoms with Crippen molar-refractivity contribution >= 4 is 17.4 Å². The zero-order valence-electron chi connectivity index (χ0n) is 24.2. The lowest BCUT2D eigenvalue weighted by molar-refractivity contribution is -0.154. The Labute approximate surface area is 239 Å². The van der Waals surface area contributed by atoms with Crippen LogP contribution in [0.4, 0.5) is 14.5 Å². The van der Waals surface area contributed by atoms with E-state index in [1.807, 2.05) is 18.2 Å². The predicted molar refractivity (Wildman–Crippen MR) is 149 cm³/mol. The Morgan fingerprint density at radius 1 is 0.927 bits per heavy atom. The molecule has 11 heteroatoms. The van der Waals surface area contributed by atoms with Gasteiger partial charge >= 0.3 is 0 Å². The first-order valence-corrected chi connectivity index (χ1v) is 13.7. The molecule has 0 saturated carbocycles. The van der Waals surface area contributed by atoms with Crippen molar-refractivity contribution in [1.29, 1.82) is 0 Å². The molecule has 224 valence electrons. The highest BCUT2D eigenvalue weighted by Crippen LogP contribution is 2.48. The summed E-state index contributed by atoms with van der Waals surface area (Å²) in [4.78, 5) is 30.5. The first-order valence-electron chi connectivity index (χ1n) is 13.7. The Kier molecular flexibility index (Phi) is 9.45. The summed E-state index contributed by atoms with van der Waals surface area (Å²) in [5.41, 5.74) is -0.550. The van der Waals surface area contributed by atoms with Gasteiger partial charge in [-0.1, -0.05) is 6.07 Å². The van der Waals surface area contributed by atoms with Crippen molar-refractivity contribution in [2.75, 3.05) is 53.5 Å². The smallest absolute Gasteiger partial charge is 0.298 e. The maximum atomic E-state index is 14.2. The van der Waals surface area contributed by atoms with E-state index in [9.17, 15) is 18.4 Å². The fourth-order valence-corrected chi connectivity index (χ4v) is 6.16. The van der Waals surface area contributed by atoms with E-state index in [4.69, 9.17) is 23.7 Å². The second kappa shape index (κ2) is 12.8. The number of alkyl halides is 2. The highest BCUT2D eigenvalue weighted by Gasteiger charge is 2.61. The highest BCUT2D eigenvalue weighted by molar-refractivity contribution is 6.15. The number of rotatable bonds is 13. The molecule has 2 saturated heterocycles. The molecule has 4 rings (SSSR count). The molecule has 2 heterocycles. The molecule has 9 nitrogen and oxygen atoms in total. The van der Waals surface area contributed by atoms with Crippen molar-refractivity contribution in [2.24, 2.45) is 0 Å². The van der Waals surface area contributed by atoms with Gasteiger partial charge in [-0.2, -0.15) is 0 Å². The van der Waals surface area contributed by atoms with Crippen molar-refractivity contribution in [3.8, 4) is 28.7 Å². The number of ether oxygens (including phenoxy) is 5. The van der Waals surface area contributed by atoms with E-state index in [-0.39, 0.29) is 12.5 Å². The van der Waals surface area contributed by atoms with E-state index in [0.29, 0.717) is 66.8 Å². The zero-order valence-corrected chi connectivity index (χ0v) is 24.2. The lowest BCUT2D eigenvalue weighted by Gasteiger charge is -2.56. The Morgan fingerprint density at radius 2 is 1.59 bits per heavy atom. The fraction of sp³-hybridized carbons (Fsp3) is 0.533. The van der Waals surface area contributed by atoms with Crippen LogP contribution in [0.25, 0.3) is 0 Å². The monoisotopic (exact) mass is 576 g/mol. The van der Waals surface area contributed by atoms with Gasteiger partial charge < -0.3 is 33.5 Å². The summed E-state index contributed by atoms with van der Waals surface area (Å²) in [6, 6.07) is 8.61. The molecule has 1 amide bonds. The van der Waals surface area contributed by atoms with E-state index in [2.05, 4.69) is 0 Å². The van der Waals surface area contributed by atoms with E-state index in [1.165, 1.54) is 21.3 Å². The topological polar surface area (TPSA) is 86.8 Å². The third kappa shape index (κ3) is 5.58. The molecule has 2 aromatic carbocycles. The average Bonchev–Trinajstić information content (AvgIpc) is 2.99. The highest BCUT2D eigenvalue weighted by atomic mass is 19.3. The van der Waals surface area contributed by atoms with Gasteiger partial charge in [0.05, 0.1) is 35.5 Å². The number of Topliss-reactive ketones (excluding diaryl/α,β-unsaturated/α-hetero) is 1. The molecule has 41 heavy (non-hydrogen) atoms. The minimum atomic E-state index is -3.30. The quantitative estimate of drug-likeness (QED) is 0.254. The van der Waals surface area contributed by atoms with Crippen LogP contribution in [0.1, 0.15) is 37.7 Å². The maximum absolute atomic E-state index is 14.2. The number of hydrogen-bond acceptors (Lipinski definition) is 8. The molecule has 0 radical (unpaired) electrons. The molecule has 2 aliphatic heterocycles. The van der Waals surface area contributed by atoms with Gasteiger partial charge in [-0.15, -0.1) is 0 Å². The summed E-state index contributed by atoms with van der Waals surface area (Å²) in [7, 11) is 7.53. The summed E-state index contributed by atoms with van der Waals surface area (Å²) in [5.74, 6) is 0.275. The predicted octanol–water partition coefficient (Wildman–Crippen LogP) is 4.53. The molecule has 0 N–H and O–H groups in total. The van der Waals surface area contributed by atoms with Gasteiger partial charge in [0.25, 0.3) is 12.3 Å². The van der Waals surface area contributed by atoms with Crippen LogP contribution < -0.4 is 28.6 Å². The normalized spacial score (nSPS) is 20.2. The summed E-state index contributed by atoms with van der Waals surface area (Å²) < 4.78 is 55.4. The summed E-state index contributed by atoms with van der Waals surface area (Å²) >= 11 is 0. The largest absolute Gasteiger partial charge is 0.493 e. The first kappa shape index (κ1) is 30.2. The number of anilines is 1. The van der Waals surface area contributed by atoms with Crippen LogP contribution in [0, 0.1) is 0 Å². The van der Waals surface area contributed by atoms with Gasteiger partial charge in [0.2, 0.25) is 11.5 Å². The number of halogens is 2. The summed E-state index contributed by atoms with van der Waals surface area (Å²) in [6.07, 6.45) is -0.0128. The van der Waals surface area contributed by atoms with Crippen molar-refractivity contribution in [3.05, 3.63) is 35.9 Å². The number of aryl methyl sites for hydroxylation is 1. The van der Waals surface area contributed by atoms with Crippen molar-refractivity contribution in [2.45, 2.75) is 56.5 Å². The van der Waals surface area contributed by atoms with Gasteiger partial charge in [-0.25, -0.2) is 8.78 Å². The molecular weight excluding hydrogens is 538 g/mol. The molecule has 0 aliphatic carbocycles. The van der Waals surface area contributed by atoms with Crippen LogP contribution in [0.2, 0.25) is 0 Å². The maximum Gasteiger partial charge on any atom is 0.298 e. The van der Waals surface area contributed by atoms with Crippen LogP contribution in [-0.4, -0.2) is 83.2 Å². The molecule has 0 spiro atoms. The Balaban J connectivity index is 1.59. The van der Waals surface area contributed by atoms with Crippen LogP contribution in [0.5, 0.6) is 28.7 Å². The Bertz CT molecular complexity index is 1230. The molecule has 2 unspecified atom stereocenters. The second-order valence-electron chi connectivity index (χ2n) is 10.2. The number of unbranched alkanes of at least 4 members (excludes halogenated alkanes) is 1. The average molecular weight is 577 g/mol. The number of nitrogens with zero attached hydrogens (tertiary/aromatic N) is 2. The van der Waals surface area contributed by atoms with Crippen molar-refractivity contribution in [3.63, 3.8) is 0 Å². The number of carbonyl (C=O) groups is 2. The molecule has 2 aliphatic rings. The zero-order chi connectivity index (χ0) is 29.7. The standard InChI is InChI=1S/C30H38F2N2O7/c1-37-22-12-11-19(15-23(22)38-2)9-6-7-14-33-18-20-10-8-13-30(29(33)36,27(35)28(31)32)34(20)21-16-24(39-3)26(41-5)25(17-21)40-4/h11-12,15-17,20,28H,6-10,13-14,18H2,1-5H3. The van der Waals surface area contributed by atoms with E-state index in [0.717, 1.165) is 18.4 Å². The van der Waals surface area contributed by atoms with Crippen LogP contribution in [0.3, 0.4) is 0 Å². The Hall–Kier alpha value is -3.76. The van der Waals surface area contributed by atoms with Crippen molar-refractivity contribution in [1.82, 2.24) is 4.90 Å². The third-order valence-corrected chi connectivity index (χ3v) is 8.05. The minimum absolute atomic E-state index is 0.00428. The first-order chi connectivity index (χ1) is 19.7. The number of amides is 1. The van der Waals surface area contributed by atoms with Gasteiger partial charge in [-0.05, 0) is 56.2 Å². The molecule has 0 aromatic heterocycles.